The lowest BCUT2D eigenvalue weighted by molar-refractivity contribution is -0.137. The highest BCUT2D eigenvalue weighted by molar-refractivity contribution is 5.98. The van der Waals surface area contributed by atoms with Crippen molar-refractivity contribution >= 4 is 11.8 Å². The van der Waals surface area contributed by atoms with Gasteiger partial charge < -0.3 is 15.6 Å². The third kappa shape index (κ3) is 6.37. The average Bonchev–Trinajstić information content (AvgIpc) is 2.50. The highest BCUT2D eigenvalue weighted by Crippen LogP contribution is 2.07. The summed E-state index contributed by atoms with van der Waals surface area (Å²) in [6, 6.07) is 8.09. The van der Waals surface area contributed by atoms with E-state index in [1.165, 1.54) is 0 Å². The number of rotatable bonds is 8. The van der Waals surface area contributed by atoms with Crippen LogP contribution < -0.4 is 15.8 Å². The SMILES string of the molecule is CCCCC(N)C(O)C(=O)NC(=O)COc1ccccc1. The number of aliphatic hydroxyl groups is 1. The van der Waals surface area contributed by atoms with Gasteiger partial charge in [-0.25, -0.2) is 0 Å². The van der Waals surface area contributed by atoms with Crippen LogP contribution >= 0.6 is 0 Å². The number of imide groups is 1. The minimum atomic E-state index is -1.39. The van der Waals surface area contributed by atoms with Crippen LogP contribution in [0, 0.1) is 0 Å². The van der Waals surface area contributed by atoms with Gasteiger partial charge in [-0.05, 0) is 18.6 Å². The number of benzene rings is 1. The van der Waals surface area contributed by atoms with Crippen molar-refractivity contribution in [3.8, 4) is 5.75 Å². The summed E-state index contributed by atoms with van der Waals surface area (Å²) < 4.78 is 5.20. The number of hydrogen-bond donors (Lipinski definition) is 3. The predicted molar refractivity (Wildman–Crippen MR) is 78.6 cm³/mol. The fourth-order valence-corrected chi connectivity index (χ4v) is 1.71. The van der Waals surface area contributed by atoms with Gasteiger partial charge in [-0.15, -0.1) is 0 Å². The Morgan fingerprint density at radius 1 is 1.33 bits per heavy atom. The lowest BCUT2D eigenvalue weighted by Gasteiger charge is -2.17. The zero-order valence-electron chi connectivity index (χ0n) is 12.1. The van der Waals surface area contributed by atoms with Crippen LogP contribution in [0.5, 0.6) is 5.75 Å². The molecule has 2 atom stereocenters. The zero-order chi connectivity index (χ0) is 15.7. The minimum Gasteiger partial charge on any atom is -0.484 e. The molecule has 21 heavy (non-hydrogen) atoms. The van der Waals surface area contributed by atoms with E-state index in [2.05, 4.69) is 5.32 Å². The Hall–Kier alpha value is -1.92. The van der Waals surface area contributed by atoms with Crippen molar-refractivity contribution in [3.63, 3.8) is 0 Å². The van der Waals surface area contributed by atoms with Crippen molar-refractivity contribution in [2.75, 3.05) is 6.61 Å². The van der Waals surface area contributed by atoms with E-state index in [9.17, 15) is 14.7 Å². The summed E-state index contributed by atoms with van der Waals surface area (Å²) in [6.07, 6.45) is 0.875. The molecule has 116 valence electrons. The summed E-state index contributed by atoms with van der Waals surface area (Å²) in [5, 5.41) is 11.8. The predicted octanol–water partition coefficient (Wildman–Crippen LogP) is 0.587. The maximum absolute atomic E-state index is 11.7. The third-order valence-corrected chi connectivity index (χ3v) is 2.94. The van der Waals surface area contributed by atoms with Gasteiger partial charge in [0, 0.05) is 6.04 Å². The first-order valence-corrected chi connectivity index (χ1v) is 6.99. The second-order valence-electron chi connectivity index (χ2n) is 4.77. The molecular formula is C15H22N2O4. The first-order valence-electron chi connectivity index (χ1n) is 6.99. The van der Waals surface area contributed by atoms with Crippen LogP contribution in [-0.4, -0.2) is 35.7 Å². The molecule has 1 aromatic rings. The van der Waals surface area contributed by atoms with E-state index in [0.29, 0.717) is 12.2 Å². The molecule has 6 nitrogen and oxygen atoms in total. The third-order valence-electron chi connectivity index (χ3n) is 2.94. The molecule has 0 fully saturated rings. The van der Waals surface area contributed by atoms with Crippen molar-refractivity contribution < 1.29 is 19.4 Å². The van der Waals surface area contributed by atoms with Crippen molar-refractivity contribution in [1.29, 1.82) is 0 Å². The smallest absolute Gasteiger partial charge is 0.264 e. The molecule has 0 radical (unpaired) electrons. The Morgan fingerprint density at radius 3 is 2.62 bits per heavy atom. The monoisotopic (exact) mass is 294 g/mol. The van der Waals surface area contributed by atoms with Crippen LogP contribution in [-0.2, 0) is 9.59 Å². The molecule has 2 unspecified atom stereocenters. The number of hydrogen-bond acceptors (Lipinski definition) is 5. The van der Waals surface area contributed by atoms with E-state index in [0.717, 1.165) is 12.8 Å². The van der Waals surface area contributed by atoms with Crippen LogP contribution in [0.25, 0.3) is 0 Å². The van der Waals surface area contributed by atoms with Gasteiger partial charge >= 0.3 is 0 Å². The number of nitrogens with one attached hydrogen (secondary N) is 1. The number of ether oxygens (including phenoxy) is 1. The number of nitrogens with two attached hydrogens (primary N) is 1. The van der Waals surface area contributed by atoms with E-state index in [1.54, 1.807) is 24.3 Å². The molecule has 0 bridgehead atoms. The lowest BCUT2D eigenvalue weighted by Crippen LogP contribution is -2.49. The largest absolute Gasteiger partial charge is 0.484 e. The normalized spacial score (nSPS) is 13.3. The van der Waals surface area contributed by atoms with Crippen LogP contribution in [0.4, 0.5) is 0 Å². The summed E-state index contributed by atoms with van der Waals surface area (Å²) in [4.78, 5) is 23.2. The van der Waals surface area contributed by atoms with E-state index in [-0.39, 0.29) is 6.61 Å². The number of unbranched alkanes of at least 4 members (excludes halogenated alkanes) is 1. The topological polar surface area (TPSA) is 102 Å². The van der Waals surface area contributed by atoms with Gasteiger partial charge in [0.15, 0.2) is 6.61 Å². The van der Waals surface area contributed by atoms with Crippen molar-refractivity contribution in [3.05, 3.63) is 30.3 Å². The first-order chi connectivity index (χ1) is 10.0. The summed E-state index contributed by atoms with van der Waals surface area (Å²) in [5.74, 6) is -0.883. The van der Waals surface area contributed by atoms with Gasteiger partial charge in [-0.3, -0.25) is 14.9 Å². The van der Waals surface area contributed by atoms with Crippen molar-refractivity contribution in [2.45, 2.75) is 38.3 Å². The lowest BCUT2D eigenvalue weighted by atomic mass is 10.0. The maximum Gasteiger partial charge on any atom is 0.264 e. The van der Waals surface area contributed by atoms with Crippen LogP contribution in [0.3, 0.4) is 0 Å². The summed E-state index contributed by atoms with van der Waals surface area (Å²) in [6.45, 7) is 1.69. The standard InChI is InChI=1S/C15H22N2O4/c1-2-3-9-12(16)14(19)15(20)17-13(18)10-21-11-7-5-4-6-8-11/h4-8,12,14,19H,2-3,9-10,16H2,1H3,(H,17,18,20). The summed E-state index contributed by atoms with van der Waals surface area (Å²) in [7, 11) is 0. The summed E-state index contributed by atoms with van der Waals surface area (Å²) >= 11 is 0. The number of amides is 2. The van der Waals surface area contributed by atoms with Gasteiger partial charge in [0.25, 0.3) is 11.8 Å². The number of aliphatic hydroxyl groups excluding tert-OH is 1. The molecule has 0 aliphatic carbocycles. The van der Waals surface area contributed by atoms with E-state index in [4.69, 9.17) is 10.5 Å². The molecule has 0 saturated carbocycles. The molecule has 2 amide bonds. The molecule has 0 aliphatic heterocycles. The molecule has 0 aromatic heterocycles. The van der Waals surface area contributed by atoms with E-state index >= 15 is 0 Å². The molecule has 0 heterocycles. The van der Waals surface area contributed by atoms with Gasteiger partial charge in [0.05, 0.1) is 0 Å². The Morgan fingerprint density at radius 2 is 2.00 bits per heavy atom. The van der Waals surface area contributed by atoms with Crippen molar-refractivity contribution in [1.82, 2.24) is 5.32 Å². The van der Waals surface area contributed by atoms with Gasteiger partial charge in [-0.1, -0.05) is 38.0 Å². The molecule has 1 rings (SSSR count). The average molecular weight is 294 g/mol. The Kier molecular flexibility index (Phi) is 7.42. The molecule has 0 aliphatic rings. The number of para-hydroxylation sites is 1. The molecule has 6 heteroatoms. The number of carbonyl (C=O) groups is 2. The quantitative estimate of drug-likeness (QED) is 0.651. The zero-order valence-corrected chi connectivity index (χ0v) is 12.1. The molecule has 4 N–H and O–H groups in total. The molecule has 0 saturated heterocycles. The van der Waals surface area contributed by atoms with Crippen molar-refractivity contribution in [2.24, 2.45) is 5.73 Å². The summed E-state index contributed by atoms with van der Waals surface area (Å²) in [5.41, 5.74) is 5.69. The molecule has 1 aromatic carbocycles. The number of carbonyl (C=O) groups excluding carboxylic acids is 2. The van der Waals surface area contributed by atoms with E-state index in [1.807, 2.05) is 13.0 Å². The van der Waals surface area contributed by atoms with Crippen LogP contribution in [0.1, 0.15) is 26.2 Å². The fraction of sp³-hybridized carbons (Fsp3) is 0.467. The molecular weight excluding hydrogens is 272 g/mol. The van der Waals surface area contributed by atoms with Gasteiger partial charge in [0.2, 0.25) is 0 Å². The van der Waals surface area contributed by atoms with Gasteiger partial charge in [0.1, 0.15) is 11.9 Å². The Balaban J connectivity index is 2.34. The highest BCUT2D eigenvalue weighted by Gasteiger charge is 2.24. The Bertz CT molecular complexity index is 450. The second kappa shape index (κ2) is 9.10. The van der Waals surface area contributed by atoms with E-state index < -0.39 is 24.0 Å². The molecule has 0 spiro atoms. The first kappa shape index (κ1) is 17.1. The fourth-order valence-electron chi connectivity index (χ4n) is 1.71. The van der Waals surface area contributed by atoms with Crippen LogP contribution in [0.15, 0.2) is 30.3 Å². The Labute approximate surface area is 124 Å². The minimum absolute atomic E-state index is 0.299. The second-order valence-corrected chi connectivity index (χ2v) is 4.77. The van der Waals surface area contributed by atoms with Crippen LogP contribution in [0.2, 0.25) is 0 Å². The van der Waals surface area contributed by atoms with Gasteiger partial charge in [-0.2, -0.15) is 0 Å². The maximum atomic E-state index is 11.7. The highest BCUT2D eigenvalue weighted by atomic mass is 16.5.